The van der Waals surface area contributed by atoms with Crippen LogP contribution in [0.5, 0.6) is 0 Å². The fraction of sp³-hybridized carbons (Fsp3) is 0.133. The number of hydrogen-bond donors (Lipinski definition) is 1. The van der Waals surface area contributed by atoms with Crippen molar-refractivity contribution in [3.8, 4) is 0 Å². The van der Waals surface area contributed by atoms with Crippen LogP contribution < -0.4 is 5.32 Å². The lowest BCUT2D eigenvalue weighted by Gasteiger charge is -2.14. The molecule has 8 heteroatoms. The van der Waals surface area contributed by atoms with Crippen molar-refractivity contribution in [3.05, 3.63) is 57.8 Å². The first kappa shape index (κ1) is 18.0. The van der Waals surface area contributed by atoms with Crippen LogP contribution in [0.2, 0.25) is 10.0 Å². The molecule has 0 unspecified atom stereocenters. The second-order valence-electron chi connectivity index (χ2n) is 4.52. The summed E-state index contributed by atoms with van der Waals surface area (Å²) >= 11 is 13.1. The van der Waals surface area contributed by atoms with Crippen molar-refractivity contribution < 1.29 is 18.0 Å². The maximum Gasteiger partial charge on any atom is 0.237 e. The van der Waals surface area contributed by atoms with Crippen molar-refractivity contribution >= 4 is 46.6 Å². The quantitative estimate of drug-likeness (QED) is 0.558. The SMILES string of the molecule is C[C@H](Sc1c(Cl)cccc1Cl)C(=O)Nc1ccc(F)c(F)c1F. The van der Waals surface area contributed by atoms with Gasteiger partial charge in [0.05, 0.1) is 21.0 Å². The van der Waals surface area contributed by atoms with Crippen molar-refractivity contribution in [3.63, 3.8) is 0 Å². The van der Waals surface area contributed by atoms with Gasteiger partial charge in [-0.3, -0.25) is 4.79 Å². The first-order chi connectivity index (χ1) is 10.8. The summed E-state index contributed by atoms with van der Waals surface area (Å²) < 4.78 is 39.6. The lowest BCUT2D eigenvalue weighted by atomic mass is 10.2. The molecule has 0 fully saturated rings. The topological polar surface area (TPSA) is 29.1 Å². The molecule has 2 aromatic carbocycles. The van der Waals surface area contributed by atoms with Gasteiger partial charge in [-0.25, -0.2) is 13.2 Å². The van der Waals surface area contributed by atoms with Gasteiger partial charge in [0.2, 0.25) is 5.91 Å². The molecule has 0 aliphatic heterocycles. The number of benzene rings is 2. The summed E-state index contributed by atoms with van der Waals surface area (Å²) in [5.74, 6) is -5.02. The number of carbonyl (C=O) groups is 1. The van der Waals surface area contributed by atoms with Crippen LogP contribution in [0, 0.1) is 17.5 Å². The molecule has 0 heterocycles. The molecule has 2 aromatic rings. The van der Waals surface area contributed by atoms with Crippen molar-refractivity contribution in [2.45, 2.75) is 17.1 Å². The molecule has 23 heavy (non-hydrogen) atoms. The zero-order chi connectivity index (χ0) is 17.1. The summed E-state index contributed by atoms with van der Waals surface area (Å²) in [6.45, 7) is 1.55. The van der Waals surface area contributed by atoms with Crippen LogP contribution in [0.15, 0.2) is 35.2 Å². The van der Waals surface area contributed by atoms with Gasteiger partial charge < -0.3 is 5.32 Å². The largest absolute Gasteiger partial charge is 0.323 e. The van der Waals surface area contributed by atoms with E-state index in [1.165, 1.54) is 0 Å². The van der Waals surface area contributed by atoms with Gasteiger partial charge in [-0.05, 0) is 31.2 Å². The molecule has 2 nitrogen and oxygen atoms in total. The van der Waals surface area contributed by atoms with Gasteiger partial charge in [-0.1, -0.05) is 29.3 Å². The number of nitrogens with one attached hydrogen (secondary N) is 1. The van der Waals surface area contributed by atoms with Gasteiger partial charge in [-0.2, -0.15) is 0 Å². The third-order valence-corrected chi connectivity index (χ3v) is 4.97. The molecule has 1 N–H and O–H groups in total. The lowest BCUT2D eigenvalue weighted by molar-refractivity contribution is -0.115. The molecule has 0 radical (unpaired) electrons. The Morgan fingerprint density at radius 1 is 1.09 bits per heavy atom. The van der Waals surface area contributed by atoms with Crippen molar-refractivity contribution in [2.75, 3.05) is 5.32 Å². The number of carbonyl (C=O) groups excluding carboxylic acids is 1. The minimum absolute atomic E-state index is 0.376. The Balaban J connectivity index is 2.14. The van der Waals surface area contributed by atoms with Crippen LogP contribution in [-0.2, 0) is 4.79 Å². The van der Waals surface area contributed by atoms with E-state index >= 15 is 0 Å². The fourth-order valence-electron chi connectivity index (χ4n) is 1.68. The van der Waals surface area contributed by atoms with E-state index in [0.717, 1.165) is 23.9 Å². The maximum absolute atomic E-state index is 13.6. The molecule has 0 spiro atoms. The molecule has 122 valence electrons. The molecule has 0 saturated carbocycles. The highest BCUT2D eigenvalue weighted by Gasteiger charge is 2.21. The van der Waals surface area contributed by atoms with E-state index in [4.69, 9.17) is 23.2 Å². The zero-order valence-electron chi connectivity index (χ0n) is 11.7. The number of halogens is 5. The summed E-state index contributed by atoms with van der Waals surface area (Å²) in [6, 6.07) is 6.59. The van der Waals surface area contributed by atoms with Gasteiger partial charge in [0.25, 0.3) is 0 Å². The summed E-state index contributed by atoms with van der Waals surface area (Å²) in [5.41, 5.74) is -0.438. The molecule has 1 atom stereocenters. The van der Waals surface area contributed by atoms with E-state index in [1.807, 2.05) is 0 Å². The molecule has 0 aromatic heterocycles. The number of amides is 1. The molecule has 1 amide bonds. The molecule has 0 aliphatic rings. The van der Waals surface area contributed by atoms with Crippen LogP contribution in [0.25, 0.3) is 0 Å². The van der Waals surface area contributed by atoms with E-state index in [1.54, 1.807) is 25.1 Å². The predicted molar refractivity (Wildman–Crippen MR) is 86.7 cm³/mol. The lowest BCUT2D eigenvalue weighted by Crippen LogP contribution is -2.23. The first-order valence-electron chi connectivity index (χ1n) is 6.36. The third-order valence-electron chi connectivity index (χ3n) is 2.88. The molecule has 2 rings (SSSR count). The van der Waals surface area contributed by atoms with E-state index in [9.17, 15) is 18.0 Å². The number of thioether (sulfide) groups is 1. The molecule has 0 bridgehead atoms. The molecule has 0 saturated heterocycles. The summed E-state index contributed by atoms with van der Waals surface area (Å²) in [5, 5.41) is 2.27. The van der Waals surface area contributed by atoms with Crippen molar-refractivity contribution in [1.29, 1.82) is 0 Å². The minimum Gasteiger partial charge on any atom is -0.323 e. The zero-order valence-corrected chi connectivity index (χ0v) is 14.0. The van der Waals surface area contributed by atoms with Crippen LogP contribution in [0.1, 0.15) is 6.92 Å². The highest BCUT2D eigenvalue weighted by Crippen LogP contribution is 2.36. The summed E-state index contributed by atoms with van der Waals surface area (Å²) in [4.78, 5) is 12.6. The molecular weight excluding hydrogens is 370 g/mol. The predicted octanol–water partition coefficient (Wildman–Crippen LogP) is 5.53. The number of hydrogen-bond acceptors (Lipinski definition) is 2. The van der Waals surface area contributed by atoms with Gasteiger partial charge in [-0.15, -0.1) is 11.8 Å². The monoisotopic (exact) mass is 379 g/mol. The average Bonchev–Trinajstić information content (AvgIpc) is 2.51. The second kappa shape index (κ2) is 7.47. The Morgan fingerprint density at radius 2 is 1.70 bits per heavy atom. The highest BCUT2D eigenvalue weighted by molar-refractivity contribution is 8.00. The van der Waals surface area contributed by atoms with E-state index in [0.29, 0.717) is 14.9 Å². The molecular formula is C15H10Cl2F3NOS. The van der Waals surface area contributed by atoms with Crippen LogP contribution in [0.3, 0.4) is 0 Å². The van der Waals surface area contributed by atoms with Crippen molar-refractivity contribution in [1.82, 2.24) is 0 Å². The Kier molecular flexibility index (Phi) is 5.84. The maximum atomic E-state index is 13.6. The summed E-state index contributed by atoms with van der Waals surface area (Å²) in [6.07, 6.45) is 0. The Hall–Kier alpha value is -1.37. The van der Waals surface area contributed by atoms with Crippen LogP contribution in [0.4, 0.5) is 18.9 Å². The van der Waals surface area contributed by atoms with E-state index < -0.39 is 34.3 Å². The minimum atomic E-state index is -1.64. The Morgan fingerprint density at radius 3 is 2.30 bits per heavy atom. The second-order valence-corrected chi connectivity index (χ2v) is 6.69. The smallest absolute Gasteiger partial charge is 0.237 e. The first-order valence-corrected chi connectivity index (χ1v) is 8.00. The molecule has 0 aliphatic carbocycles. The van der Waals surface area contributed by atoms with Gasteiger partial charge >= 0.3 is 0 Å². The van der Waals surface area contributed by atoms with E-state index in [-0.39, 0.29) is 0 Å². The normalized spacial score (nSPS) is 12.1. The van der Waals surface area contributed by atoms with Gasteiger partial charge in [0.15, 0.2) is 17.5 Å². The van der Waals surface area contributed by atoms with Crippen LogP contribution >= 0.6 is 35.0 Å². The van der Waals surface area contributed by atoms with Crippen molar-refractivity contribution in [2.24, 2.45) is 0 Å². The summed E-state index contributed by atoms with van der Waals surface area (Å²) in [7, 11) is 0. The van der Waals surface area contributed by atoms with Gasteiger partial charge in [0.1, 0.15) is 0 Å². The fourth-order valence-corrected chi connectivity index (χ4v) is 3.23. The Labute approximate surface area is 145 Å². The van der Waals surface area contributed by atoms with E-state index in [2.05, 4.69) is 5.32 Å². The van der Waals surface area contributed by atoms with Gasteiger partial charge in [0, 0.05) is 4.90 Å². The van der Waals surface area contributed by atoms with Crippen LogP contribution in [-0.4, -0.2) is 11.2 Å². The Bertz CT molecular complexity index is 737. The third kappa shape index (κ3) is 4.13. The standard InChI is InChI=1S/C15H10Cl2F3NOS/c1-7(23-14-8(16)3-2-4-9(14)17)15(22)21-11-6-5-10(18)12(19)13(11)20/h2-7H,1H3,(H,21,22)/t7-/m0/s1. The number of rotatable bonds is 4. The highest BCUT2D eigenvalue weighted by atomic mass is 35.5. The average molecular weight is 380 g/mol. The number of anilines is 1.